The molecule has 2 amide bonds. The van der Waals surface area contributed by atoms with Crippen LogP contribution in [0.3, 0.4) is 0 Å². The molecule has 20 heavy (non-hydrogen) atoms. The smallest absolute Gasteiger partial charge is 0.228 e. The van der Waals surface area contributed by atoms with E-state index in [1.807, 2.05) is 4.90 Å². The van der Waals surface area contributed by atoms with Gasteiger partial charge in [0.15, 0.2) is 0 Å². The third-order valence-corrected chi connectivity index (χ3v) is 5.38. The van der Waals surface area contributed by atoms with Crippen LogP contribution in [0.1, 0.15) is 42.7 Å². The maximum absolute atomic E-state index is 12.7. The van der Waals surface area contributed by atoms with Gasteiger partial charge >= 0.3 is 0 Å². The number of rotatable bonds is 2. The molecule has 1 saturated heterocycles. The minimum atomic E-state index is -0.0399. The zero-order valence-corrected chi connectivity index (χ0v) is 12.5. The van der Waals surface area contributed by atoms with E-state index in [4.69, 9.17) is 0 Å². The summed E-state index contributed by atoms with van der Waals surface area (Å²) in [7, 11) is 0. The summed E-state index contributed by atoms with van der Waals surface area (Å²) in [5.74, 6) is 0.246. The van der Waals surface area contributed by atoms with Gasteiger partial charge in [-0.1, -0.05) is 6.92 Å². The van der Waals surface area contributed by atoms with Crippen molar-refractivity contribution in [3.8, 4) is 0 Å². The second-order valence-corrected chi connectivity index (χ2v) is 6.55. The summed E-state index contributed by atoms with van der Waals surface area (Å²) in [4.78, 5) is 27.4. The third kappa shape index (κ3) is 2.35. The lowest BCUT2D eigenvalue weighted by Gasteiger charge is -2.38. The molecule has 108 valence electrons. The molecule has 2 aliphatic heterocycles. The van der Waals surface area contributed by atoms with Crippen LogP contribution in [0.25, 0.3) is 0 Å². The SMILES string of the molecule is CC[C@H]1c2ccsc2CCN1C(=O)[C@@H]1CCC(=O)NC1. The molecular weight excluding hydrogens is 272 g/mol. The Hall–Kier alpha value is -1.36. The van der Waals surface area contributed by atoms with Gasteiger partial charge < -0.3 is 10.2 Å². The molecule has 0 unspecified atom stereocenters. The average molecular weight is 292 g/mol. The number of nitrogens with zero attached hydrogens (tertiary/aromatic N) is 1. The Bertz CT molecular complexity index is 516. The molecule has 2 atom stereocenters. The lowest BCUT2D eigenvalue weighted by atomic mass is 9.92. The Morgan fingerprint density at radius 1 is 1.50 bits per heavy atom. The van der Waals surface area contributed by atoms with E-state index < -0.39 is 0 Å². The van der Waals surface area contributed by atoms with Crippen molar-refractivity contribution in [1.82, 2.24) is 10.2 Å². The van der Waals surface area contributed by atoms with Crippen LogP contribution >= 0.6 is 11.3 Å². The third-order valence-electron chi connectivity index (χ3n) is 4.38. The van der Waals surface area contributed by atoms with Gasteiger partial charge in [-0.15, -0.1) is 11.3 Å². The Labute approximate surface area is 123 Å². The summed E-state index contributed by atoms with van der Waals surface area (Å²) in [5, 5.41) is 4.94. The quantitative estimate of drug-likeness (QED) is 0.907. The molecule has 5 heteroatoms. The fourth-order valence-electron chi connectivity index (χ4n) is 3.28. The zero-order chi connectivity index (χ0) is 14.1. The fourth-order valence-corrected chi connectivity index (χ4v) is 4.21. The van der Waals surface area contributed by atoms with Crippen molar-refractivity contribution in [3.05, 3.63) is 21.9 Å². The maximum atomic E-state index is 12.7. The van der Waals surface area contributed by atoms with Crippen LogP contribution in [0.4, 0.5) is 0 Å². The molecule has 3 heterocycles. The molecule has 1 fully saturated rings. The van der Waals surface area contributed by atoms with E-state index in [2.05, 4.69) is 23.7 Å². The zero-order valence-electron chi connectivity index (χ0n) is 11.7. The van der Waals surface area contributed by atoms with Gasteiger partial charge in [-0.25, -0.2) is 0 Å². The van der Waals surface area contributed by atoms with E-state index in [-0.39, 0.29) is 23.8 Å². The van der Waals surface area contributed by atoms with Gasteiger partial charge in [0, 0.05) is 24.4 Å². The molecule has 0 saturated carbocycles. The summed E-state index contributed by atoms with van der Waals surface area (Å²) in [6.45, 7) is 3.46. The highest BCUT2D eigenvalue weighted by atomic mass is 32.1. The number of amides is 2. The second kappa shape index (κ2) is 5.56. The van der Waals surface area contributed by atoms with Crippen LogP contribution in [-0.2, 0) is 16.0 Å². The van der Waals surface area contributed by atoms with Crippen LogP contribution in [-0.4, -0.2) is 29.8 Å². The predicted molar refractivity (Wildman–Crippen MR) is 78.5 cm³/mol. The fraction of sp³-hybridized carbons (Fsp3) is 0.600. The first-order valence-corrected chi connectivity index (χ1v) is 8.22. The highest BCUT2D eigenvalue weighted by molar-refractivity contribution is 7.10. The molecule has 3 rings (SSSR count). The molecule has 1 aromatic heterocycles. The standard InChI is InChI=1S/C15H20N2O2S/c1-2-12-11-6-8-20-13(11)5-7-17(12)15(19)10-3-4-14(18)16-9-10/h6,8,10,12H,2-5,7,9H2,1H3,(H,16,18)/t10-,12+/m1/s1. The van der Waals surface area contributed by atoms with Gasteiger partial charge in [-0.05, 0) is 36.3 Å². The first-order valence-electron chi connectivity index (χ1n) is 7.34. The van der Waals surface area contributed by atoms with Crippen molar-refractivity contribution in [2.24, 2.45) is 5.92 Å². The maximum Gasteiger partial charge on any atom is 0.228 e. The summed E-state index contributed by atoms with van der Waals surface area (Å²) in [5.41, 5.74) is 1.33. The minimum absolute atomic E-state index is 0.0399. The van der Waals surface area contributed by atoms with Crippen LogP contribution in [0, 0.1) is 5.92 Å². The van der Waals surface area contributed by atoms with Gasteiger partial charge in [0.2, 0.25) is 11.8 Å². The largest absolute Gasteiger partial charge is 0.355 e. The summed E-state index contributed by atoms with van der Waals surface area (Å²) >= 11 is 1.80. The van der Waals surface area contributed by atoms with E-state index >= 15 is 0 Å². The van der Waals surface area contributed by atoms with Gasteiger partial charge in [-0.3, -0.25) is 9.59 Å². The van der Waals surface area contributed by atoms with Crippen molar-refractivity contribution >= 4 is 23.2 Å². The Kier molecular flexibility index (Phi) is 3.78. The van der Waals surface area contributed by atoms with Crippen molar-refractivity contribution in [1.29, 1.82) is 0 Å². The number of carbonyl (C=O) groups excluding carboxylic acids is 2. The van der Waals surface area contributed by atoms with Crippen LogP contribution in [0.5, 0.6) is 0 Å². The lowest BCUT2D eigenvalue weighted by molar-refractivity contribution is -0.140. The van der Waals surface area contributed by atoms with Crippen molar-refractivity contribution in [3.63, 3.8) is 0 Å². The van der Waals surface area contributed by atoms with E-state index in [9.17, 15) is 9.59 Å². The number of nitrogens with one attached hydrogen (secondary N) is 1. The molecule has 2 aliphatic rings. The minimum Gasteiger partial charge on any atom is -0.355 e. The monoisotopic (exact) mass is 292 g/mol. The Balaban J connectivity index is 1.76. The predicted octanol–water partition coefficient (Wildman–Crippen LogP) is 2.11. The van der Waals surface area contributed by atoms with Gasteiger partial charge in [0.05, 0.1) is 12.0 Å². The van der Waals surface area contributed by atoms with Crippen molar-refractivity contribution in [2.45, 2.75) is 38.6 Å². The number of hydrogen-bond acceptors (Lipinski definition) is 3. The van der Waals surface area contributed by atoms with Crippen molar-refractivity contribution < 1.29 is 9.59 Å². The molecular formula is C15H20N2O2S. The molecule has 1 N–H and O–H groups in total. The molecule has 1 aromatic rings. The van der Waals surface area contributed by atoms with E-state index in [0.717, 1.165) is 19.4 Å². The van der Waals surface area contributed by atoms with Crippen molar-refractivity contribution in [2.75, 3.05) is 13.1 Å². The van der Waals surface area contributed by atoms with E-state index in [1.165, 1.54) is 10.4 Å². The van der Waals surface area contributed by atoms with Gasteiger partial charge in [0.1, 0.15) is 0 Å². The second-order valence-electron chi connectivity index (χ2n) is 5.54. The molecule has 0 radical (unpaired) electrons. The lowest BCUT2D eigenvalue weighted by Crippen LogP contribution is -2.47. The van der Waals surface area contributed by atoms with Crippen LogP contribution in [0.2, 0.25) is 0 Å². The highest BCUT2D eigenvalue weighted by Crippen LogP contribution is 2.36. The summed E-state index contributed by atoms with van der Waals surface area (Å²) in [6.07, 6.45) is 3.09. The molecule has 0 spiro atoms. The summed E-state index contributed by atoms with van der Waals surface area (Å²) in [6, 6.07) is 2.38. The number of thiophene rings is 1. The normalized spacial score (nSPS) is 26.1. The first kappa shape index (κ1) is 13.6. The number of hydrogen-bond donors (Lipinski definition) is 1. The summed E-state index contributed by atoms with van der Waals surface area (Å²) < 4.78 is 0. The number of carbonyl (C=O) groups is 2. The molecule has 0 aliphatic carbocycles. The Morgan fingerprint density at radius 2 is 2.35 bits per heavy atom. The van der Waals surface area contributed by atoms with Crippen LogP contribution < -0.4 is 5.32 Å². The van der Waals surface area contributed by atoms with E-state index in [1.54, 1.807) is 11.3 Å². The molecule has 0 aromatic carbocycles. The average Bonchev–Trinajstić information content (AvgIpc) is 2.94. The van der Waals surface area contributed by atoms with Gasteiger partial charge in [-0.2, -0.15) is 0 Å². The number of fused-ring (bicyclic) bond motifs is 1. The van der Waals surface area contributed by atoms with Gasteiger partial charge in [0.25, 0.3) is 0 Å². The topological polar surface area (TPSA) is 49.4 Å². The Morgan fingerprint density at radius 3 is 3.05 bits per heavy atom. The molecule has 4 nitrogen and oxygen atoms in total. The van der Waals surface area contributed by atoms with E-state index in [0.29, 0.717) is 19.4 Å². The molecule has 0 bridgehead atoms. The highest BCUT2D eigenvalue weighted by Gasteiger charge is 2.35. The first-order chi connectivity index (χ1) is 9.70. The number of piperidine rings is 1. The van der Waals surface area contributed by atoms with Crippen LogP contribution in [0.15, 0.2) is 11.4 Å².